The van der Waals surface area contributed by atoms with Gasteiger partial charge >= 0.3 is 0 Å². The van der Waals surface area contributed by atoms with Crippen molar-refractivity contribution in [3.05, 3.63) is 88.4 Å². The maximum absolute atomic E-state index is 13.9. The van der Waals surface area contributed by atoms with Crippen molar-refractivity contribution >= 4 is 50.7 Å². The predicted octanol–water partition coefficient (Wildman–Crippen LogP) is 5.39. The molecule has 0 radical (unpaired) electrons. The maximum Gasteiger partial charge on any atom is 0.264 e. The van der Waals surface area contributed by atoms with Crippen molar-refractivity contribution in [2.45, 2.75) is 38.3 Å². The molecular weight excluding hydrogens is 573 g/mol. The molecule has 1 unspecified atom stereocenters. The Morgan fingerprint density at radius 1 is 0.875 bits per heavy atom. The summed E-state index contributed by atoms with van der Waals surface area (Å²) >= 11 is 12.1. The molecule has 1 atom stereocenters. The van der Waals surface area contributed by atoms with E-state index in [9.17, 15) is 18.0 Å². The summed E-state index contributed by atoms with van der Waals surface area (Å²) in [5.74, 6) is -0.198. The molecule has 0 spiro atoms. The summed E-state index contributed by atoms with van der Waals surface area (Å²) in [4.78, 5) is 28.3. The van der Waals surface area contributed by atoms with Gasteiger partial charge in [-0.15, -0.1) is 0 Å². The van der Waals surface area contributed by atoms with Crippen molar-refractivity contribution in [2.24, 2.45) is 5.92 Å². The number of rotatable bonds is 12. The van der Waals surface area contributed by atoms with Crippen LogP contribution in [-0.4, -0.2) is 51.4 Å². The van der Waals surface area contributed by atoms with Crippen LogP contribution in [0, 0.1) is 5.92 Å². The molecule has 1 N–H and O–H groups in total. The van der Waals surface area contributed by atoms with E-state index < -0.39 is 28.5 Å². The van der Waals surface area contributed by atoms with Crippen molar-refractivity contribution in [2.75, 3.05) is 24.5 Å². The van der Waals surface area contributed by atoms with Gasteiger partial charge in [0, 0.05) is 23.1 Å². The van der Waals surface area contributed by atoms with Gasteiger partial charge in [0.15, 0.2) is 0 Å². The average molecular weight is 607 g/mol. The summed E-state index contributed by atoms with van der Waals surface area (Å²) in [7, 11) is -2.72. The molecule has 2 amide bonds. The van der Waals surface area contributed by atoms with E-state index in [1.807, 2.05) is 13.8 Å². The number of hydrogen-bond acceptors (Lipinski definition) is 5. The van der Waals surface area contributed by atoms with Gasteiger partial charge in [-0.2, -0.15) is 0 Å². The minimum atomic E-state index is -4.20. The number of carbonyl (C=O) groups excluding carboxylic acids is 2. The zero-order chi connectivity index (χ0) is 29.4. The van der Waals surface area contributed by atoms with Crippen molar-refractivity contribution in [1.82, 2.24) is 10.2 Å². The summed E-state index contributed by atoms with van der Waals surface area (Å²) in [5.41, 5.74) is 0.981. The lowest BCUT2D eigenvalue weighted by Crippen LogP contribution is -2.51. The largest absolute Gasteiger partial charge is 0.497 e. The van der Waals surface area contributed by atoms with Crippen LogP contribution in [0.15, 0.2) is 77.7 Å². The normalized spacial score (nSPS) is 12.1. The fourth-order valence-electron chi connectivity index (χ4n) is 3.83. The Kier molecular flexibility index (Phi) is 10.8. The van der Waals surface area contributed by atoms with Crippen molar-refractivity contribution in [1.29, 1.82) is 0 Å². The summed E-state index contributed by atoms with van der Waals surface area (Å²) in [6, 6.07) is 18.1. The second kappa shape index (κ2) is 13.9. The van der Waals surface area contributed by atoms with Gasteiger partial charge in [0.1, 0.15) is 18.3 Å². The Morgan fingerprint density at radius 3 is 1.95 bits per heavy atom. The predicted molar refractivity (Wildman–Crippen MR) is 158 cm³/mol. The quantitative estimate of drug-likeness (QED) is 0.299. The molecule has 0 heterocycles. The number of amides is 2. The van der Waals surface area contributed by atoms with E-state index in [2.05, 4.69) is 5.32 Å². The Hall–Kier alpha value is -3.27. The van der Waals surface area contributed by atoms with E-state index in [0.29, 0.717) is 22.3 Å². The molecule has 0 saturated heterocycles. The van der Waals surface area contributed by atoms with Gasteiger partial charge in [-0.05, 0) is 79.1 Å². The highest BCUT2D eigenvalue weighted by Crippen LogP contribution is 2.27. The van der Waals surface area contributed by atoms with Crippen LogP contribution in [0.2, 0.25) is 10.0 Å². The third kappa shape index (κ3) is 8.13. The van der Waals surface area contributed by atoms with E-state index >= 15 is 0 Å². The summed E-state index contributed by atoms with van der Waals surface area (Å²) in [6.45, 7) is 5.52. The molecule has 0 fully saturated rings. The van der Waals surface area contributed by atoms with E-state index in [0.717, 1.165) is 9.87 Å². The van der Waals surface area contributed by atoms with Crippen molar-refractivity contribution in [3.63, 3.8) is 0 Å². The van der Waals surface area contributed by atoms with Gasteiger partial charge in [0.2, 0.25) is 11.8 Å². The lowest BCUT2D eigenvalue weighted by atomic mass is 10.1. The monoisotopic (exact) mass is 605 g/mol. The lowest BCUT2D eigenvalue weighted by Gasteiger charge is -2.32. The highest BCUT2D eigenvalue weighted by molar-refractivity contribution is 7.92. The van der Waals surface area contributed by atoms with Gasteiger partial charge in [-0.25, -0.2) is 8.42 Å². The van der Waals surface area contributed by atoms with Crippen molar-refractivity contribution in [3.8, 4) is 5.75 Å². The van der Waals surface area contributed by atoms with Crippen LogP contribution in [0.5, 0.6) is 5.75 Å². The number of sulfonamides is 1. The number of carbonyl (C=O) groups is 2. The maximum atomic E-state index is 13.9. The van der Waals surface area contributed by atoms with Crippen LogP contribution in [-0.2, 0) is 26.2 Å². The van der Waals surface area contributed by atoms with Crippen LogP contribution in [0.1, 0.15) is 26.3 Å². The highest BCUT2D eigenvalue weighted by Gasteiger charge is 2.32. The molecule has 214 valence electrons. The number of halogens is 2. The number of methoxy groups -OCH3 is 1. The molecule has 0 aliphatic carbocycles. The molecule has 0 aliphatic rings. The number of ether oxygens (including phenoxy) is 1. The lowest BCUT2D eigenvalue weighted by molar-refractivity contribution is -0.139. The molecule has 3 aromatic carbocycles. The second-order valence-corrected chi connectivity index (χ2v) is 12.4. The zero-order valence-electron chi connectivity index (χ0n) is 22.8. The SMILES string of the molecule is COc1ccc(S(=O)(=O)N(CC(=O)N(Cc2ccc(Cl)cc2)C(C)C(=O)NCC(C)C)c2ccc(Cl)cc2)cc1. The summed E-state index contributed by atoms with van der Waals surface area (Å²) in [6.07, 6.45) is 0. The highest BCUT2D eigenvalue weighted by atomic mass is 35.5. The van der Waals surface area contributed by atoms with Crippen LogP contribution in [0.3, 0.4) is 0 Å². The molecule has 0 aromatic heterocycles. The van der Waals surface area contributed by atoms with Crippen LogP contribution in [0.25, 0.3) is 0 Å². The molecular formula is C29H33Cl2N3O5S. The fourth-order valence-corrected chi connectivity index (χ4v) is 5.50. The van der Waals surface area contributed by atoms with Gasteiger partial charge in [-0.1, -0.05) is 49.2 Å². The summed E-state index contributed by atoms with van der Waals surface area (Å²) < 4.78 is 33.8. The first kappa shape index (κ1) is 31.3. The van der Waals surface area contributed by atoms with E-state index in [1.54, 1.807) is 43.3 Å². The Morgan fingerprint density at radius 2 is 1.43 bits per heavy atom. The first-order valence-corrected chi connectivity index (χ1v) is 14.9. The number of anilines is 1. The van der Waals surface area contributed by atoms with Crippen LogP contribution in [0.4, 0.5) is 5.69 Å². The molecule has 8 nitrogen and oxygen atoms in total. The smallest absolute Gasteiger partial charge is 0.264 e. The fraction of sp³-hybridized carbons (Fsp3) is 0.310. The first-order valence-electron chi connectivity index (χ1n) is 12.7. The second-order valence-electron chi connectivity index (χ2n) is 9.63. The topological polar surface area (TPSA) is 96.0 Å². The van der Waals surface area contributed by atoms with E-state index in [-0.39, 0.29) is 29.0 Å². The zero-order valence-corrected chi connectivity index (χ0v) is 25.1. The number of benzene rings is 3. The minimum Gasteiger partial charge on any atom is -0.497 e. The van der Waals surface area contributed by atoms with Gasteiger partial charge in [0.05, 0.1) is 17.7 Å². The molecule has 0 bridgehead atoms. The van der Waals surface area contributed by atoms with E-state index in [4.69, 9.17) is 27.9 Å². The summed E-state index contributed by atoms with van der Waals surface area (Å²) in [5, 5.41) is 3.80. The third-order valence-electron chi connectivity index (χ3n) is 6.16. The van der Waals surface area contributed by atoms with Gasteiger partial charge in [-0.3, -0.25) is 13.9 Å². The molecule has 40 heavy (non-hydrogen) atoms. The Balaban J connectivity index is 2.00. The Labute approximate surface area is 245 Å². The molecule has 3 rings (SSSR count). The molecule has 0 aliphatic heterocycles. The first-order chi connectivity index (χ1) is 18.9. The van der Waals surface area contributed by atoms with Gasteiger partial charge in [0.25, 0.3) is 10.0 Å². The molecule has 11 heteroatoms. The van der Waals surface area contributed by atoms with Crippen LogP contribution < -0.4 is 14.4 Å². The third-order valence-corrected chi connectivity index (χ3v) is 8.45. The average Bonchev–Trinajstić information content (AvgIpc) is 2.94. The number of nitrogens with one attached hydrogen (secondary N) is 1. The van der Waals surface area contributed by atoms with Crippen LogP contribution >= 0.6 is 23.2 Å². The standard InChI is InChI=1S/C29H33Cl2N3O5S/c1-20(2)17-32-29(36)21(3)33(18-22-5-7-23(30)8-6-22)28(35)19-34(25-11-9-24(31)10-12-25)40(37,38)27-15-13-26(39-4)14-16-27/h5-16,20-21H,17-19H2,1-4H3,(H,32,36). The molecule has 3 aromatic rings. The van der Waals surface area contributed by atoms with Gasteiger partial charge < -0.3 is 15.0 Å². The Bertz CT molecular complexity index is 1400. The number of nitrogens with zero attached hydrogens (tertiary/aromatic N) is 2. The van der Waals surface area contributed by atoms with E-state index in [1.165, 1.54) is 48.4 Å². The molecule has 0 saturated carbocycles. The minimum absolute atomic E-state index is 0.0250. The van der Waals surface area contributed by atoms with Crippen molar-refractivity contribution < 1.29 is 22.7 Å². The number of hydrogen-bond donors (Lipinski definition) is 1.